The van der Waals surface area contributed by atoms with Crippen LogP contribution >= 0.6 is 0 Å². The number of aryl methyl sites for hydroxylation is 2. The summed E-state index contributed by atoms with van der Waals surface area (Å²) in [5, 5.41) is 10.8. The zero-order valence-corrected chi connectivity index (χ0v) is 21.5. The number of aromatic hydroxyl groups is 1. The highest BCUT2D eigenvalue weighted by Gasteiger charge is 2.40. The van der Waals surface area contributed by atoms with Crippen LogP contribution in [0.2, 0.25) is 0 Å². The number of hydrogen-bond acceptors (Lipinski definition) is 5. The van der Waals surface area contributed by atoms with Gasteiger partial charge in [-0.25, -0.2) is 4.79 Å². The fraction of sp³-hybridized carbons (Fsp3) is 0.357. The van der Waals surface area contributed by atoms with Gasteiger partial charge < -0.3 is 19.1 Å². The van der Waals surface area contributed by atoms with Gasteiger partial charge in [-0.1, -0.05) is 35.9 Å². The average molecular weight is 490 g/mol. The molecule has 1 atom stereocenters. The van der Waals surface area contributed by atoms with Crippen molar-refractivity contribution < 1.29 is 14.6 Å². The second-order valence-electron chi connectivity index (χ2n) is 10.0. The number of hydrogen-bond donors (Lipinski definition) is 1. The van der Waals surface area contributed by atoms with E-state index < -0.39 is 17.3 Å². The Hall–Kier alpha value is -3.78. The van der Waals surface area contributed by atoms with Crippen molar-refractivity contribution in [2.45, 2.75) is 39.3 Å². The van der Waals surface area contributed by atoms with Crippen molar-refractivity contribution in [2.24, 2.45) is 14.1 Å². The Balaban J connectivity index is 1.94. The standard InChI is InChI=1S/C28H31N3O5/c1-7-35-20-14-18(12-13-19(20)32)25-24-23-21(26(33)30(6)27(34)29(23)5)22(17-10-8-16(2)9-11-17)31(24)28(3,4)15-36-25/h8-14,25,32H,7,15H2,1-6H3/t25-/m1/s1. The third-order valence-corrected chi connectivity index (χ3v) is 6.98. The number of nitrogens with zero attached hydrogens (tertiary/aromatic N) is 3. The molecule has 0 bridgehead atoms. The van der Waals surface area contributed by atoms with E-state index in [4.69, 9.17) is 9.47 Å². The average Bonchev–Trinajstić information content (AvgIpc) is 3.21. The summed E-state index contributed by atoms with van der Waals surface area (Å²) < 4.78 is 16.9. The van der Waals surface area contributed by atoms with Crippen LogP contribution in [0.15, 0.2) is 52.1 Å². The van der Waals surface area contributed by atoms with E-state index in [1.165, 1.54) is 11.6 Å². The van der Waals surface area contributed by atoms with Gasteiger partial charge in [0.2, 0.25) is 0 Å². The molecule has 0 unspecified atom stereocenters. The Bertz CT molecular complexity index is 1610. The molecule has 0 saturated carbocycles. The minimum absolute atomic E-state index is 0.0404. The third kappa shape index (κ3) is 3.47. The lowest BCUT2D eigenvalue weighted by atomic mass is 9.97. The minimum atomic E-state index is -0.586. The molecule has 0 spiro atoms. The number of fused-ring (bicyclic) bond motifs is 3. The van der Waals surface area contributed by atoms with Crippen molar-refractivity contribution in [1.82, 2.24) is 13.7 Å². The quantitative estimate of drug-likeness (QED) is 0.469. The zero-order chi connectivity index (χ0) is 25.9. The maximum absolute atomic E-state index is 13.7. The molecule has 4 aromatic rings. The summed E-state index contributed by atoms with van der Waals surface area (Å²) in [5.74, 6) is 0.396. The molecule has 2 aromatic heterocycles. The van der Waals surface area contributed by atoms with Gasteiger partial charge in [-0.3, -0.25) is 13.9 Å². The molecule has 1 aliphatic rings. The maximum Gasteiger partial charge on any atom is 0.331 e. The predicted molar refractivity (Wildman–Crippen MR) is 139 cm³/mol. The van der Waals surface area contributed by atoms with Crippen LogP contribution in [0.1, 0.15) is 43.7 Å². The Morgan fingerprint density at radius 2 is 1.78 bits per heavy atom. The number of ether oxygens (including phenoxy) is 2. The predicted octanol–water partition coefficient (Wildman–Crippen LogP) is 3.97. The van der Waals surface area contributed by atoms with Gasteiger partial charge in [0.25, 0.3) is 5.56 Å². The van der Waals surface area contributed by atoms with Crippen molar-refractivity contribution >= 4 is 10.9 Å². The van der Waals surface area contributed by atoms with Gasteiger partial charge in [0, 0.05) is 14.1 Å². The minimum Gasteiger partial charge on any atom is -0.504 e. The normalized spacial score (nSPS) is 16.8. The van der Waals surface area contributed by atoms with E-state index in [-0.39, 0.29) is 11.3 Å². The first-order valence-corrected chi connectivity index (χ1v) is 12.1. The Morgan fingerprint density at radius 3 is 2.44 bits per heavy atom. The van der Waals surface area contributed by atoms with Crippen molar-refractivity contribution in [3.05, 3.63) is 80.1 Å². The first kappa shape index (κ1) is 23.9. The first-order valence-electron chi connectivity index (χ1n) is 12.1. The first-order chi connectivity index (χ1) is 17.1. The smallest absolute Gasteiger partial charge is 0.331 e. The summed E-state index contributed by atoms with van der Waals surface area (Å²) in [6, 6.07) is 13.2. The molecule has 5 rings (SSSR count). The van der Waals surface area contributed by atoms with Crippen molar-refractivity contribution in [1.29, 1.82) is 0 Å². The number of benzene rings is 2. The van der Waals surface area contributed by atoms with E-state index in [0.717, 1.165) is 32.6 Å². The summed E-state index contributed by atoms with van der Waals surface area (Å²) in [6.45, 7) is 8.78. The van der Waals surface area contributed by atoms with Gasteiger partial charge in [0.05, 0.1) is 41.0 Å². The Morgan fingerprint density at radius 1 is 1.08 bits per heavy atom. The van der Waals surface area contributed by atoms with E-state index in [2.05, 4.69) is 18.4 Å². The monoisotopic (exact) mass is 489 g/mol. The third-order valence-electron chi connectivity index (χ3n) is 6.98. The topological polar surface area (TPSA) is 87.6 Å². The van der Waals surface area contributed by atoms with Gasteiger partial charge >= 0.3 is 5.69 Å². The molecule has 36 heavy (non-hydrogen) atoms. The van der Waals surface area contributed by atoms with Crippen LogP contribution in [0.25, 0.3) is 22.2 Å². The van der Waals surface area contributed by atoms with E-state index >= 15 is 0 Å². The highest BCUT2D eigenvalue weighted by molar-refractivity contribution is 5.96. The van der Waals surface area contributed by atoms with Crippen LogP contribution in [-0.2, 0) is 24.4 Å². The van der Waals surface area contributed by atoms with Crippen molar-refractivity contribution in [3.63, 3.8) is 0 Å². The Labute approximate surface area is 208 Å². The SMILES string of the molecule is CCOc1cc([C@H]2OCC(C)(C)n3c(-c4ccc(C)cc4)c4c(=O)n(C)c(=O)n(C)c4c32)ccc1O. The van der Waals surface area contributed by atoms with Gasteiger partial charge in [-0.2, -0.15) is 0 Å². The lowest BCUT2D eigenvalue weighted by Crippen LogP contribution is -2.40. The lowest BCUT2D eigenvalue weighted by molar-refractivity contribution is -0.00717. The van der Waals surface area contributed by atoms with Crippen LogP contribution in [-0.4, -0.2) is 32.0 Å². The van der Waals surface area contributed by atoms with Crippen molar-refractivity contribution in [3.8, 4) is 22.8 Å². The fourth-order valence-corrected chi connectivity index (χ4v) is 5.20. The van der Waals surface area contributed by atoms with Gasteiger partial charge in [0.1, 0.15) is 6.10 Å². The second-order valence-corrected chi connectivity index (χ2v) is 10.0. The van der Waals surface area contributed by atoms with E-state index in [1.807, 2.05) is 38.1 Å². The molecular weight excluding hydrogens is 458 g/mol. The number of rotatable bonds is 4. The van der Waals surface area contributed by atoms with E-state index in [9.17, 15) is 14.7 Å². The largest absolute Gasteiger partial charge is 0.504 e. The van der Waals surface area contributed by atoms with E-state index in [1.54, 1.807) is 25.2 Å². The lowest BCUT2D eigenvalue weighted by Gasteiger charge is -2.39. The molecule has 0 radical (unpaired) electrons. The molecule has 1 N–H and O–H groups in total. The summed E-state index contributed by atoms with van der Waals surface area (Å²) >= 11 is 0. The highest BCUT2D eigenvalue weighted by atomic mass is 16.5. The van der Waals surface area contributed by atoms with E-state index in [0.29, 0.717) is 29.9 Å². The summed E-state index contributed by atoms with van der Waals surface area (Å²) in [4.78, 5) is 26.8. The molecule has 8 heteroatoms. The molecule has 0 aliphatic carbocycles. The molecule has 2 aromatic carbocycles. The Kier molecular flexibility index (Phi) is 5.59. The van der Waals surface area contributed by atoms with Gasteiger partial charge in [0.15, 0.2) is 11.5 Å². The number of phenols is 1. The molecule has 0 fully saturated rings. The second kappa shape index (κ2) is 8.41. The summed E-state index contributed by atoms with van der Waals surface area (Å²) in [6.07, 6.45) is -0.586. The highest BCUT2D eigenvalue weighted by Crippen LogP contribution is 2.46. The molecule has 0 amide bonds. The summed E-state index contributed by atoms with van der Waals surface area (Å²) in [7, 11) is 3.19. The molecule has 1 aliphatic heterocycles. The van der Waals surface area contributed by atoms with Gasteiger partial charge in [-0.15, -0.1) is 0 Å². The fourth-order valence-electron chi connectivity index (χ4n) is 5.20. The zero-order valence-electron chi connectivity index (χ0n) is 21.5. The molecule has 3 heterocycles. The molecule has 8 nitrogen and oxygen atoms in total. The van der Waals surface area contributed by atoms with Crippen LogP contribution in [0.3, 0.4) is 0 Å². The molecule has 0 saturated heterocycles. The van der Waals surface area contributed by atoms with Crippen LogP contribution in [0, 0.1) is 6.92 Å². The van der Waals surface area contributed by atoms with Crippen molar-refractivity contribution in [2.75, 3.05) is 13.2 Å². The van der Waals surface area contributed by atoms with Crippen LogP contribution in [0.4, 0.5) is 0 Å². The summed E-state index contributed by atoms with van der Waals surface area (Å²) in [5.41, 5.74) is 3.54. The van der Waals surface area contributed by atoms with Crippen LogP contribution in [0.5, 0.6) is 11.5 Å². The van der Waals surface area contributed by atoms with Gasteiger partial charge in [-0.05, 0) is 51.0 Å². The number of aromatic nitrogens is 3. The number of phenolic OH excluding ortho intramolecular Hbond substituents is 1. The van der Waals surface area contributed by atoms with Crippen LogP contribution < -0.4 is 16.0 Å². The maximum atomic E-state index is 13.7. The molecule has 188 valence electrons. The molecular formula is C28H31N3O5.